The van der Waals surface area contributed by atoms with Gasteiger partial charge in [0.25, 0.3) is 0 Å². The first kappa shape index (κ1) is 12.4. The van der Waals surface area contributed by atoms with Gasteiger partial charge < -0.3 is 15.3 Å². The second kappa shape index (κ2) is 4.43. The summed E-state index contributed by atoms with van der Waals surface area (Å²) in [5, 5.41) is 29.1. The highest BCUT2D eigenvalue weighted by atomic mass is 16.3. The van der Waals surface area contributed by atoms with Gasteiger partial charge in [0.05, 0.1) is 0 Å². The quantitative estimate of drug-likeness (QED) is 0.689. The van der Waals surface area contributed by atoms with Gasteiger partial charge >= 0.3 is 0 Å². The minimum atomic E-state index is -0.334. The van der Waals surface area contributed by atoms with Crippen molar-refractivity contribution in [1.82, 2.24) is 0 Å². The number of carbonyl (C=O) groups is 1. The summed E-state index contributed by atoms with van der Waals surface area (Å²) in [6.07, 6.45) is 0.890. The van der Waals surface area contributed by atoms with E-state index in [2.05, 4.69) is 0 Å². The zero-order valence-electron chi connectivity index (χ0n) is 9.66. The summed E-state index contributed by atoms with van der Waals surface area (Å²) in [5.41, 5.74) is 0.346. The molecule has 0 atom stereocenters. The number of phenols is 3. The fraction of sp³-hybridized carbons (Fsp3) is 0.417. The summed E-state index contributed by atoms with van der Waals surface area (Å²) in [6, 6.07) is 0. The van der Waals surface area contributed by atoms with Crippen LogP contribution in [0.15, 0.2) is 0 Å². The van der Waals surface area contributed by atoms with Crippen molar-refractivity contribution >= 4 is 5.78 Å². The van der Waals surface area contributed by atoms with Gasteiger partial charge in [-0.2, -0.15) is 0 Å². The number of hydrogen-bond donors (Lipinski definition) is 3. The Labute approximate surface area is 94.2 Å². The molecule has 0 amide bonds. The van der Waals surface area contributed by atoms with Crippen LogP contribution in [0.2, 0.25) is 0 Å². The number of rotatable bonds is 3. The van der Waals surface area contributed by atoms with Crippen molar-refractivity contribution in [2.24, 2.45) is 0 Å². The van der Waals surface area contributed by atoms with Crippen molar-refractivity contribution in [1.29, 1.82) is 0 Å². The third kappa shape index (κ3) is 1.83. The predicted octanol–water partition coefficient (Wildman–Crippen LogP) is 2.40. The van der Waals surface area contributed by atoms with E-state index in [4.69, 9.17) is 0 Å². The van der Waals surface area contributed by atoms with Gasteiger partial charge in [-0.3, -0.25) is 4.79 Å². The maximum atomic E-state index is 11.7. The van der Waals surface area contributed by atoms with Gasteiger partial charge in [0.2, 0.25) is 0 Å². The number of benzene rings is 1. The van der Waals surface area contributed by atoms with E-state index in [9.17, 15) is 20.1 Å². The Morgan fingerprint density at radius 1 is 1.00 bits per heavy atom. The van der Waals surface area contributed by atoms with Crippen molar-refractivity contribution in [2.45, 2.75) is 33.6 Å². The monoisotopic (exact) mass is 224 g/mol. The standard InChI is InChI=1S/C12H16O4/c1-4-5-8(13)9-11(15)6(2)10(14)7(3)12(9)16/h14-16H,4-5H2,1-3H3. The lowest BCUT2D eigenvalue weighted by molar-refractivity contribution is 0.0976. The number of Topliss-reactive ketones (excluding diaryl/α,β-unsaturated/α-hetero) is 1. The smallest absolute Gasteiger partial charge is 0.170 e. The molecule has 0 aliphatic rings. The second-order valence-corrected chi connectivity index (χ2v) is 3.84. The van der Waals surface area contributed by atoms with E-state index in [1.54, 1.807) is 0 Å². The normalized spacial score (nSPS) is 10.4. The highest BCUT2D eigenvalue weighted by molar-refractivity contribution is 6.02. The fourth-order valence-corrected chi connectivity index (χ4v) is 1.61. The molecule has 0 spiro atoms. The minimum absolute atomic E-state index is 0.0883. The average Bonchev–Trinajstić information content (AvgIpc) is 2.24. The molecule has 1 aromatic rings. The highest BCUT2D eigenvalue weighted by Crippen LogP contribution is 2.41. The summed E-state index contributed by atoms with van der Waals surface area (Å²) < 4.78 is 0. The average molecular weight is 224 g/mol. The summed E-state index contributed by atoms with van der Waals surface area (Å²) in [5.74, 6) is -1.16. The van der Waals surface area contributed by atoms with Crippen molar-refractivity contribution < 1.29 is 20.1 Å². The van der Waals surface area contributed by atoms with Crippen molar-refractivity contribution in [3.8, 4) is 17.2 Å². The maximum absolute atomic E-state index is 11.7. The molecule has 16 heavy (non-hydrogen) atoms. The molecule has 0 heterocycles. The second-order valence-electron chi connectivity index (χ2n) is 3.84. The van der Waals surface area contributed by atoms with Crippen molar-refractivity contribution in [3.05, 3.63) is 16.7 Å². The maximum Gasteiger partial charge on any atom is 0.170 e. The molecule has 1 rings (SSSR count). The van der Waals surface area contributed by atoms with Crippen LogP contribution >= 0.6 is 0 Å². The molecule has 0 bridgehead atoms. The Balaban J connectivity index is 3.45. The minimum Gasteiger partial charge on any atom is -0.507 e. The Kier molecular flexibility index (Phi) is 3.42. The lowest BCUT2D eigenvalue weighted by Gasteiger charge is -2.13. The van der Waals surface area contributed by atoms with Crippen LogP contribution in [0.25, 0.3) is 0 Å². The number of carbonyl (C=O) groups excluding carboxylic acids is 1. The summed E-state index contributed by atoms with van der Waals surface area (Å²) in [4.78, 5) is 11.7. The van der Waals surface area contributed by atoms with Crippen LogP contribution in [0.3, 0.4) is 0 Å². The van der Waals surface area contributed by atoms with Gasteiger partial charge in [-0.05, 0) is 20.3 Å². The van der Waals surface area contributed by atoms with Crippen LogP contribution in [0, 0.1) is 13.8 Å². The number of phenolic OH excluding ortho intramolecular Hbond substituents is 3. The van der Waals surface area contributed by atoms with Gasteiger partial charge in [-0.1, -0.05) is 6.92 Å². The van der Waals surface area contributed by atoms with E-state index in [1.807, 2.05) is 6.92 Å². The molecule has 3 N–H and O–H groups in total. The molecule has 0 saturated heterocycles. The number of ketones is 1. The molecule has 0 saturated carbocycles. The zero-order chi connectivity index (χ0) is 12.5. The lowest BCUT2D eigenvalue weighted by Crippen LogP contribution is -2.02. The van der Waals surface area contributed by atoms with E-state index in [1.165, 1.54) is 13.8 Å². The highest BCUT2D eigenvalue weighted by Gasteiger charge is 2.22. The van der Waals surface area contributed by atoms with Crippen LogP contribution < -0.4 is 0 Å². The molecular weight excluding hydrogens is 208 g/mol. The predicted molar refractivity (Wildman–Crippen MR) is 60.1 cm³/mol. The molecule has 88 valence electrons. The first-order chi connectivity index (χ1) is 7.41. The summed E-state index contributed by atoms with van der Waals surface area (Å²) in [6.45, 7) is 4.84. The molecular formula is C12H16O4. The number of aromatic hydroxyl groups is 3. The number of hydrogen-bond acceptors (Lipinski definition) is 4. The molecule has 0 aliphatic heterocycles. The van der Waals surface area contributed by atoms with Gasteiger partial charge in [0.15, 0.2) is 5.78 Å². The van der Waals surface area contributed by atoms with E-state index < -0.39 is 0 Å². The third-order valence-electron chi connectivity index (χ3n) is 2.65. The summed E-state index contributed by atoms with van der Waals surface area (Å²) in [7, 11) is 0. The van der Waals surface area contributed by atoms with Crippen LogP contribution in [-0.2, 0) is 0 Å². The first-order valence-electron chi connectivity index (χ1n) is 5.19. The topological polar surface area (TPSA) is 77.8 Å². The van der Waals surface area contributed by atoms with Gasteiger partial charge in [-0.15, -0.1) is 0 Å². The Morgan fingerprint density at radius 3 is 1.81 bits per heavy atom. The first-order valence-corrected chi connectivity index (χ1v) is 5.19. The molecule has 0 fully saturated rings. The zero-order valence-corrected chi connectivity index (χ0v) is 9.66. The van der Waals surface area contributed by atoms with Crippen LogP contribution in [0.1, 0.15) is 41.3 Å². The SMILES string of the molecule is CCCC(=O)c1c(O)c(C)c(O)c(C)c1O. The molecule has 0 aliphatic carbocycles. The molecule has 4 nitrogen and oxygen atoms in total. The fourth-order valence-electron chi connectivity index (χ4n) is 1.61. The van der Waals surface area contributed by atoms with Crippen LogP contribution in [0.5, 0.6) is 17.2 Å². The van der Waals surface area contributed by atoms with Gasteiger partial charge in [0, 0.05) is 17.5 Å². The Morgan fingerprint density at radius 2 is 1.44 bits per heavy atom. The summed E-state index contributed by atoms with van der Waals surface area (Å²) >= 11 is 0. The van der Waals surface area contributed by atoms with E-state index in [0.29, 0.717) is 6.42 Å². The molecule has 0 aromatic heterocycles. The molecule has 0 unspecified atom stereocenters. The van der Waals surface area contributed by atoms with Crippen molar-refractivity contribution in [3.63, 3.8) is 0 Å². The largest absolute Gasteiger partial charge is 0.507 e. The van der Waals surface area contributed by atoms with Gasteiger partial charge in [0.1, 0.15) is 22.8 Å². The van der Waals surface area contributed by atoms with E-state index in [-0.39, 0.29) is 46.1 Å². The van der Waals surface area contributed by atoms with E-state index >= 15 is 0 Å². The molecule has 0 radical (unpaired) electrons. The Bertz CT molecular complexity index is 406. The third-order valence-corrected chi connectivity index (χ3v) is 2.65. The Hall–Kier alpha value is -1.71. The molecule has 4 heteroatoms. The van der Waals surface area contributed by atoms with Crippen molar-refractivity contribution in [2.75, 3.05) is 0 Å². The molecule has 1 aromatic carbocycles. The van der Waals surface area contributed by atoms with Crippen LogP contribution in [0.4, 0.5) is 0 Å². The van der Waals surface area contributed by atoms with E-state index in [0.717, 1.165) is 0 Å². The van der Waals surface area contributed by atoms with Gasteiger partial charge in [-0.25, -0.2) is 0 Å². The van der Waals surface area contributed by atoms with Crippen LogP contribution in [-0.4, -0.2) is 21.1 Å². The lowest BCUT2D eigenvalue weighted by atomic mass is 9.97.